The second kappa shape index (κ2) is 5.38. The van der Waals surface area contributed by atoms with Crippen LogP contribution in [0.25, 0.3) is 0 Å². The third-order valence-corrected chi connectivity index (χ3v) is 4.57. The van der Waals surface area contributed by atoms with Crippen LogP contribution < -0.4 is 0 Å². The molecule has 3 heteroatoms. The highest BCUT2D eigenvalue weighted by Gasteiger charge is 2.41. The molecule has 3 nitrogen and oxygen atoms in total. The smallest absolute Gasteiger partial charge is 0.228 e. The monoisotopic (exact) mass is 239 g/mol. The lowest BCUT2D eigenvalue weighted by atomic mass is 9.85. The Hall–Kier alpha value is -0.570. The SMILES string of the molecule is CC1(C(=O)N2CCCCC2CCO)CCCC1. The van der Waals surface area contributed by atoms with Crippen molar-refractivity contribution >= 4 is 5.91 Å². The van der Waals surface area contributed by atoms with Crippen molar-refractivity contribution in [1.82, 2.24) is 4.90 Å². The van der Waals surface area contributed by atoms with Gasteiger partial charge in [0.25, 0.3) is 0 Å². The second-order valence-corrected chi connectivity index (χ2v) is 5.93. The van der Waals surface area contributed by atoms with Crippen LogP contribution in [0.5, 0.6) is 0 Å². The van der Waals surface area contributed by atoms with Gasteiger partial charge in [-0.25, -0.2) is 0 Å². The number of likely N-dealkylation sites (tertiary alicyclic amines) is 1. The number of carbonyl (C=O) groups is 1. The maximum absolute atomic E-state index is 12.7. The molecule has 0 spiro atoms. The Morgan fingerprint density at radius 2 is 2.00 bits per heavy atom. The summed E-state index contributed by atoms with van der Waals surface area (Å²) in [5.74, 6) is 0.355. The van der Waals surface area contributed by atoms with E-state index in [1.54, 1.807) is 0 Å². The summed E-state index contributed by atoms with van der Waals surface area (Å²) in [6.45, 7) is 3.23. The Bertz CT molecular complexity index is 269. The molecule has 1 unspecified atom stereocenters. The van der Waals surface area contributed by atoms with Gasteiger partial charge in [-0.3, -0.25) is 4.79 Å². The lowest BCUT2D eigenvalue weighted by Gasteiger charge is -2.40. The summed E-state index contributed by atoms with van der Waals surface area (Å²) in [6.07, 6.45) is 8.64. The Balaban J connectivity index is 2.05. The van der Waals surface area contributed by atoms with Gasteiger partial charge >= 0.3 is 0 Å². The van der Waals surface area contributed by atoms with Crippen molar-refractivity contribution < 1.29 is 9.90 Å². The van der Waals surface area contributed by atoms with Gasteiger partial charge in [-0.2, -0.15) is 0 Å². The van der Waals surface area contributed by atoms with Gasteiger partial charge in [-0.15, -0.1) is 0 Å². The van der Waals surface area contributed by atoms with Gasteiger partial charge in [0.2, 0.25) is 5.91 Å². The minimum atomic E-state index is -0.106. The molecule has 0 radical (unpaired) electrons. The van der Waals surface area contributed by atoms with E-state index in [2.05, 4.69) is 11.8 Å². The van der Waals surface area contributed by atoms with E-state index in [1.807, 2.05) is 0 Å². The molecule has 0 aromatic rings. The maximum atomic E-state index is 12.7. The van der Waals surface area contributed by atoms with Crippen LogP contribution in [-0.4, -0.2) is 35.1 Å². The fourth-order valence-corrected chi connectivity index (χ4v) is 3.43. The first kappa shape index (κ1) is 12.9. The molecular formula is C14H25NO2. The first-order valence-electron chi connectivity index (χ1n) is 7.09. The Morgan fingerprint density at radius 1 is 1.29 bits per heavy atom. The van der Waals surface area contributed by atoms with Crippen LogP contribution in [-0.2, 0) is 4.79 Å². The molecule has 2 aliphatic rings. The average Bonchev–Trinajstić information content (AvgIpc) is 2.78. The molecule has 1 saturated heterocycles. The molecule has 0 bridgehead atoms. The van der Waals surface area contributed by atoms with Gasteiger partial charge in [0.1, 0.15) is 0 Å². The zero-order valence-corrected chi connectivity index (χ0v) is 11.0. The standard InChI is InChI=1S/C14H25NO2/c1-14(8-3-4-9-14)13(17)15-10-5-2-6-12(15)7-11-16/h12,16H,2-11H2,1H3. The number of amides is 1. The van der Waals surface area contributed by atoms with Crippen molar-refractivity contribution in [3.05, 3.63) is 0 Å². The van der Waals surface area contributed by atoms with E-state index < -0.39 is 0 Å². The predicted molar refractivity (Wildman–Crippen MR) is 67.6 cm³/mol. The summed E-state index contributed by atoms with van der Waals surface area (Å²) < 4.78 is 0. The van der Waals surface area contributed by atoms with Crippen molar-refractivity contribution in [2.75, 3.05) is 13.2 Å². The summed E-state index contributed by atoms with van der Waals surface area (Å²) in [5, 5.41) is 9.11. The zero-order chi connectivity index (χ0) is 12.3. The van der Waals surface area contributed by atoms with Crippen LogP contribution in [0.2, 0.25) is 0 Å². The predicted octanol–water partition coefficient (Wildman–Crippen LogP) is 2.33. The molecule has 1 heterocycles. The number of hydrogen-bond donors (Lipinski definition) is 1. The molecule has 17 heavy (non-hydrogen) atoms. The number of hydrogen-bond acceptors (Lipinski definition) is 2. The molecule has 2 rings (SSSR count). The minimum Gasteiger partial charge on any atom is -0.396 e. The second-order valence-electron chi connectivity index (χ2n) is 5.93. The topological polar surface area (TPSA) is 40.5 Å². The highest BCUT2D eigenvalue weighted by molar-refractivity contribution is 5.83. The zero-order valence-electron chi connectivity index (χ0n) is 11.0. The summed E-state index contributed by atoms with van der Waals surface area (Å²) in [4.78, 5) is 14.7. The molecule has 1 aliphatic carbocycles. The van der Waals surface area contributed by atoms with Gasteiger partial charge in [-0.1, -0.05) is 19.8 Å². The highest BCUT2D eigenvalue weighted by Crippen LogP contribution is 2.40. The van der Waals surface area contributed by atoms with Crippen molar-refractivity contribution in [2.24, 2.45) is 5.41 Å². The van der Waals surface area contributed by atoms with Crippen molar-refractivity contribution in [3.63, 3.8) is 0 Å². The molecule has 1 amide bonds. The fourth-order valence-electron chi connectivity index (χ4n) is 3.43. The Kier molecular flexibility index (Phi) is 4.08. The lowest BCUT2D eigenvalue weighted by Crippen LogP contribution is -2.49. The van der Waals surface area contributed by atoms with E-state index in [-0.39, 0.29) is 12.0 Å². The maximum Gasteiger partial charge on any atom is 0.228 e. The molecule has 98 valence electrons. The largest absolute Gasteiger partial charge is 0.396 e. The number of aliphatic hydroxyl groups is 1. The average molecular weight is 239 g/mol. The quantitative estimate of drug-likeness (QED) is 0.821. The van der Waals surface area contributed by atoms with Gasteiger partial charge in [0.15, 0.2) is 0 Å². The van der Waals surface area contributed by atoms with E-state index in [9.17, 15) is 4.79 Å². The van der Waals surface area contributed by atoms with E-state index in [0.717, 1.165) is 38.6 Å². The van der Waals surface area contributed by atoms with Crippen molar-refractivity contribution in [3.8, 4) is 0 Å². The summed E-state index contributed by atoms with van der Waals surface area (Å²) in [7, 11) is 0. The summed E-state index contributed by atoms with van der Waals surface area (Å²) in [6, 6.07) is 0.290. The highest BCUT2D eigenvalue weighted by atomic mass is 16.3. The van der Waals surface area contributed by atoms with Gasteiger partial charge in [0, 0.05) is 24.6 Å². The Labute approximate surface area is 104 Å². The molecule has 1 aliphatic heterocycles. The normalized spacial score (nSPS) is 28.4. The number of piperidine rings is 1. The van der Waals surface area contributed by atoms with Crippen molar-refractivity contribution in [1.29, 1.82) is 0 Å². The van der Waals surface area contributed by atoms with E-state index in [1.165, 1.54) is 19.3 Å². The van der Waals surface area contributed by atoms with Gasteiger partial charge in [-0.05, 0) is 38.5 Å². The number of carbonyl (C=O) groups excluding carboxylic acids is 1. The fraction of sp³-hybridized carbons (Fsp3) is 0.929. The van der Waals surface area contributed by atoms with Crippen LogP contribution in [0.15, 0.2) is 0 Å². The van der Waals surface area contributed by atoms with Gasteiger partial charge in [0.05, 0.1) is 0 Å². The first-order chi connectivity index (χ1) is 8.17. The molecule has 2 fully saturated rings. The number of nitrogens with zero attached hydrogens (tertiary/aromatic N) is 1. The molecule has 1 saturated carbocycles. The molecule has 0 aromatic carbocycles. The summed E-state index contributed by atoms with van der Waals surface area (Å²) >= 11 is 0. The third-order valence-electron chi connectivity index (χ3n) is 4.57. The molecular weight excluding hydrogens is 214 g/mol. The summed E-state index contributed by atoms with van der Waals surface area (Å²) in [5.41, 5.74) is -0.106. The van der Waals surface area contributed by atoms with Crippen molar-refractivity contribution in [2.45, 2.75) is 64.3 Å². The van der Waals surface area contributed by atoms with Crippen LogP contribution in [0.3, 0.4) is 0 Å². The van der Waals surface area contributed by atoms with Crippen LogP contribution in [0, 0.1) is 5.41 Å². The minimum absolute atomic E-state index is 0.106. The molecule has 1 N–H and O–H groups in total. The van der Waals surface area contributed by atoms with Crippen LogP contribution in [0.4, 0.5) is 0 Å². The Morgan fingerprint density at radius 3 is 2.65 bits per heavy atom. The van der Waals surface area contributed by atoms with E-state index in [0.29, 0.717) is 11.9 Å². The van der Waals surface area contributed by atoms with Crippen LogP contribution >= 0.6 is 0 Å². The lowest BCUT2D eigenvalue weighted by molar-refractivity contribution is -0.145. The number of aliphatic hydroxyl groups excluding tert-OH is 1. The third kappa shape index (κ3) is 2.65. The van der Waals surface area contributed by atoms with E-state index in [4.69, 9.17) is 5.11 Å². The van der Waals surface area contributed by atoms with Crippen LogP contribution in [0.1, 0.15) is 58.3 Å². The van der Waals surface area contributed by atoms with Gasteiger partial charge < -0.3 is 10.0 Å². The number of rotatable bonds is 3. The molecule has 0 aromatic heterocycles. The first-order valence-corrected chi connectivity index (χ1v) is 7.09. The molecule has 1 atom stereocenters. The van der Waals surface area contributed by atoms with E-state index >= 15 is 0 Å².